The van der Waals surface area contributed by atoms with Gasteiger partial charge < -0.3 is 15.8 Å². The number of methoxy groups -OCH3 is 1. The van der Waals surface area contributed by atoms with Crippen molar-refractivity contribution in [3.8, 4) is 5.75 Å². The molecule has 8 nitrogen and oxygen atoms in total. The Morgan fingerprint density at radius 2 is 1.70 bits per heavy atom. The molecular weight excluding hydrogens is 384 g/mol. The second kappa shape index (κ2) is 9.13. The zero-order chi connectivity index (χ0) is 21.7. The van der Waals surface area contributed by atoms with Crippen LogP contribution in [0.15, 0.2) is 64.2 Å². The quantitative estimate of drug-likeness (QED) is 0.552. The number of ketones is 1. The summed E-state index contributed by atoms with van der Waals surface area (Å²) in [5.41, 5.74) is 6.17. The van der Waals surface area contributed by atoms with E-state index in [0.717, 1.165) is 10.1 Å². The number of rotatable bonds is 8. The van der Waals surface area contributed by atoms with Gasteiger partial charge in [0.1, 0.15) is 17.1 Å². The van der Waals surface area contributed by atoms with Crippen LogP contribution in [0.3, 0.4) is 0 Å². The number of hydrogen-bond acceptors (Lipinski definition) is 6. The highest BCUT2D eigenvalue weighted by Gasteiger charge is 2.22. The summed E-state index contributed by atoms with van der Waals surface area (Å²) in [4.78, 5) is 38.5. The van der Waals surface area contributed by atoms with Crippen LogP contribution in [0.1, 0.15) is 22.8 Å². The average molecular weight is 408 g/mol. The van der Waals surface area contributed by atoms with Crippen molar-refractivity contribution >= 4 is 17.3 Å². The smallest absolute Gasteiger partial charge is 0.332 e. The van der Waals surface area contributed by atoms with Gasteiger partial charge in [-0.15, -0.1) is 0 Å². The van der Waals surface area contributed by atoms with Crippen molar-refractivity contribution in [3.63, 3.8) is 0 Å². The molecule has 0 spiro atoms. The molecule has 8 heteroatoms. The summed E-state index contributed by atoms with van der Waals surface area (Å²) in [6.45, 7) is 1.79. The van der Waals surface area contributed by atoms with Gasteiger partial charge in [-0.2, -0.15) is 0 Å². The standard InChI is InChI=1S/C22H24N4O4/c1-3-25-21(28)19(17(27)13-24-16-11-7-8-12-18(16)30-2)20(23)26(22(25)29)14-15-9-5-4-6-10-15/h4-12,24H,3,13-14,23H2,1-2H3. The van der Waals surface area contributed by atoms with Gasteiger partial charge in [-0.1, -0.05) is 42.5 Å². The van der Waals surface area contributed by atoms with E-state index in [4.69, 9.17) is 10.5 Å². The number of nitrogen functional groups attached to an aromatic ring is 1. The first-order valence-corrected chi connectivity index (χ1v) is 9.55. The lowest BCUT2D eigenvalue weighted by Gasteiger charge is -2.16. The topological polar surface area (TPSA) is 108 Å². The summed E-state index contributed by atoms with van der Waals surface area (Å²) in [5.74, 6) is -0.0731. The minimum absolute atomic E-state index is 0.132. The lowest BCUT2D eigenvalue weighted by Crippen LogP contribution is -2.44. The number of aromatic nitrogens is 2. The molecule has 0 fully saturated rings. The van der Waals surface area contributed by atoms with Crippen LogP contribution in [0, 0.1) is 0 Å². The summed E-state index contributed by atoms with van der Waals surface area (Å²) in [6.07, 6.45) is 0. The maximum Gasteiger partial charge on any atom is 0.332 e. The molecule has 0 unspecified atom stereocenters. The summed E-state index contributed by atoms with van der Waals surface area (Å²) in [7, 11) is 1.53. The second-order valence-corrected chi connectivity index (χ2v) is 6.64. The van der Waals surface area contributed by atoms with Crippen LogP contribution < -0.4 is 27.0 Å². The first-order chi connectivity index (χ1) is 14.5. The van der Waals surface area contributed by atoms with Crippen LogP contribution in [0.4, 0.5) is 11.5 Å². The molecule has 156 valence electrons. The van der Waals surface area contributed by atoms with E-state index in [1.165, 1.54) is 11.7 Å². The summed E-state index contributed by atoms with van der Waals surface area (Å²) < 4.78 is 7.54. The van der Waals surface area contributed by atoms with Gasteiger partial charge in [-0.3, -0.25) is 18.7 Å². The number of Topliss-reactive ketones (excluding diaryl/α,β-unsaturated/α-hetero) is 1. The zero-order valence-corrected chi connectivity index (χ0v) is 16.9. The van der Waals surface area contributed by atoms with Crippen molar-refractivity contribution < 1.29 is 9.53 Å². The van der Waals surface area contributed by atoms with E-state index in [0.29, 0.717) is 11.4 Å². The fourth-order valence-corrected chi connectivity index (χ4v) is 3.23. The number of hydrogen-bond donors (Lipinski definition) is 2. The Bertz CT molecular complexity index is 1170. The predicted molar refractivity (Wildman–Crippen MR) is 116 cm³/mol. The van der Waals surface area contributed by atoms with E-state index in [1.807, 2.05) is 36.4 Å². The zero-order valence-electron chi connectivity index (χ0n) is 16.9. The lowest BCUT2D eigenvalue weighted by atomic mass is 10.1. The Labute approximate surface area is 173 Å². The van der Waals surface area contributed by atoms with Gasteiger partial charge in [0.25, 0.3) is 5.56 Å². The number of benzene rings is 2. The largest absolute Gasteiger partial charge is 0.495 e. The molecule has 1 heterocycles. The molecule has 0 bridgehead atoms. The van der Waals surface area contributed by atoms with Crippen molar-refractivity contribution in [2.75, 3.05) is 24.7 Å². The number of nitrogens with two attached hydrogens (primary N) is 1. The predicted octanol–water partition coefficient (Wildman–Crippen LogP) is 1.96. The van der Waals surface area contributed by atoms with Crippen LogP contribution in [0.5, 0.6) is 5.75 Å². The van der Waals surface area contributed by atoms with Crippen LogP contribution in [0.2, 0.25) is 0 Å². The van der Waals surface area contributed by atoms with Crippen LogP contribution in [-0.4, -0.2) is 28.6 Å². The average Bonchev–Trinajstić information content (AvgIpc) is 2.76. The van der Waals surface area contributed by atoms with Crippen molar-refractivity contribution in [2.24, 2.45) is 0 Å². The summed E-state index contributed by atoms with van der Waals surface area (Å²) in [5, 5.41) is 2.97. The maximum absolute atomic E-state index is 12.9. The number of carbonyl (C=O) groups is 1. The Morgan fingerprint density at radius 3 is 2.37 bits per heavy atom. The maximum atomic E-state index is 12.9. The van der Waals surface area contributed by atoms with Crippen molar-refractivity contribution in [1.29, 1.82) is 0 Å². The molecule has 30 heavy (non-hydrogen) atoms. The number of carbonyl (C=O) groups excluding carboxylic acids is 1. The van der Waals surface area contributed by atoms with Gasteiger partial charge in [0.2, 0.25) is 0 Å². The number of para-hydroxylation sites is 2. The summed E-state index contributed by atoms with van der Waals surface area (Å²) >= 11 is 0. The molecule has 1 aromatic heterocycles. The van der Waals surface area contributed by atoms with E-state index >= 15 is 0 Å². The Balaban J connectivity index is 1.99. The molecule has 3 N–H and O–H groups in total. The normalized spacial score (nSPS) is 10.6. The molecule has 0 amide bonds. The monoisotopic (exact) mass is 408 g/mol. The first-order valence-electron chi connectivity index (χ1n) is 9.55. The van der Waals surface area contributed by atoms with Gasteiger partial charge in [-0.25, -0.2) is 4.79 Å². The lowest BCUT2D eigenvalue weighted by molar-refractivity contribution is 0.100. The van der Waals surface area contributed by atoms with Crippen molar-refractivity contribution in [2.45, 2.75) is 20.0 Å². The number of nitrogens with one attached hydrogen (secondary N) is 1. The van der Waals surface area contributed by atoms with E-state index in [9.17, 15) is 14.4 Å². The van der Waals surface area contributed by atoms with Crippen LogP contribution in [0.25, 0.3) is 0 Å². The van der Waals surface area contributed by atoms with Gasteiger partial charge in [-0.05, 0) is 24.6 Å². The molecule has 0 aliphatic rings. The highest BCUT2D eigenvalue weighted by atomic mass is 16.5. The third-order valence-corrected chi connectivity index (χ3v) is 4.79. The molecule has 3 aromatic rings. The van der Waals surface area contributed by atoms with Crippen molar-refractivity contribution in [3.05, 3.63) is 86.6 Å². The Kier molecular flexibility index (Phi) is 6.36. The van der Waals surface area contributed by atoms with E-state index in [2.05, 4.69) is 5.32 Å². The third-order valence-electron chi connectivity index (χ3n) is 4.79. The van der Waals surface area contributed by atoms with Gasteiger partial charge in [0.15, 0.2) is 5.78 Å². The van der Waals surface area contributed by atoms with E-state index in [-0.39, 0.29) is 31.0 Å². The van der Waals surface area contributed by atoms with E-state index < -0.39 is 17.0 Å². The van der Waals surface area contributed by atoms with Gasteiger partial charge in [0, 0.05) is 6.54 Å². The number of anilines is 2. The minimum atomic E-state index is -0.684. The molecule has 0 saturated carbocycles. The molecule has 3 rings (SSSR count). The van der Waals surface area contributed by atoms with Gasteiger partial charge in [0.05, 0.1) is 25.9 Å². The van der Waals surface area contributed by atoms with E-state index in [1.54, 1.807) is 25.1 Å². The molecule has 0 radical (unpaired) electrons. The first kappa shape index (κ1) is 20.9. The molecule has 2 aromatic carbocycles. The fourth-order valence-electron chi connectivity index (χ4n) is 3.23. The van der Waals surface area contributed by atoms with Crippen LogP contribution >= 0.6 is 0 Å². The number of nitrogens with zero attached hydrogens (tertiary/aromatic N) is 2. The Hall–Kier alpha value is -3.81. The minimum Gasteiger partial charge on any atom is -0.495 e. The van der Waals surface area contributed by atoms with Crippen molar-refractivity contribution in [1.82, 2.24) is 9.13 Å². The summed E-state index contributed by atoms with van der Waals surface area (Å²) in [6, 6.07) is 16.4. The molecule has 0 atom stereocenters. The highest BCUT2D eigenvalue weighted by Crippen LogP contribution is 2.23. The van der Waals surface area contributed by atoms with Gasteiger partial charge >= 0.3 is 5.69 Å². The third kappa shape index (κ3) is 4.12. The SMILES string of the molecule is CCn1c(=O)c(C(=O)CNc2ccccc2OC)c(N)n(Cc2ccccc2)c1=O. The molecular formula is C22H24N4O4. The molecule has 0 aliphatic heterocycles. The van der Waals surface area contributed by atoms with Crippen LogP contribution in [-0.2, 0) is 13.1 Å². The Morgan fingerprint density at radius 1 is 1.03 bits per heavy atom. The molecule has 0 saturated heterocycles. The second-order valence-electron chi connectivity index (χ2n) is 6.64. The number of ether oxygens (including phenoxy) is 1. The fraction of sp³-hybridized carbons (Fsp3) is 0.227. The highest BCUT2D eigenvalue weighted by molar-refractivity contribution is 6.02. The molecule has 0 aliphatic carbocycles.